The Morgan fingerprint density at radius 2 is 1.73 bits per heavy atom. The third kappa shape index (κ3) is 7.25. The van der Waals surface area contributed by atoms with E-state index in [0.29, 0.717) is 64.7 Å². The number of ether oxygens (including phenoxy) is 2. The average molecular weight is 755 g/mol. The lowest BCUT2D eigenvalue weighted by atomic mass is 9.59. The Labute approximate surface area is 323 Å². The van der Waals surface area contributed by atoms with Crippen LogP contribution in [0.1, 0.15) is 90.0 Å². The van der Waals surface area contributed by atoms with E-state index in [4.69, 9.17) is 19.4 Å². The molecule has 5 fully saturated rings. The topological polar surface area (TPSA) is 87.1 Å². The van der Waals surface area contributed by atoms with Crippen molar-refractivity contribution in [1.29, 1.82) is 0 Å². The molecule has 0 unspecified atom stereocenters. The van der Waals surface area contributed by atoms with Gasteiger partial charge in [-0.3, -0.25) is 4.98 Å². The number of benzene rings is 2. The molecule has 2 saturated carbocycles. The van der Waals surface area contributed by atoms with Gasteiger partial charge < -0.3 is 29.3 Å². The van der Waals surface area contributed by atoms with Crippen LogP contribution < -0.4 is 9.64 Å². The molecule has 2 aromatic heterocycles. The van der Waals surface area contributed by atoms with Crippen molar-refractivity contribution in [1.82, 2.24) is 24.8 Å². The number of nitrogens with zero attached hydrogens (tertiary/aromatic N) is 6. The zero-order chi connectivity index (χ0) is 37.7. The number of hydrogen-bond acceptors (Lipinski definition) is 9. The first-order valence-electron chi connectivity index (χ1n) is 21.0. The van der Waals surface area contributed by atoms with E-state index in [0.717, 1.165) is 57.9 Å². The number of halogens is 2. The highest BCUT2D eigenvalue weighted by Crippen LogP contribution is 2.53. The lowest BCUT2D eigenvalue weighted by molar-refractivity contribution is -0.0511. The summed E-state index contributed by atoms with van der Waals surface area (Å²) < 4.78 is 44.7. The number of phenols is 1. The van der Waals surface area contributed by atoms with Crippen LogP contribution in [0, 0.1) is 22.5 Å². The molecule has 0 amide bonds. The summed E-state index contributed by atoms with van der Waals surface area (Å²) in [5.74, 6) is -0.490. The van der Waals surface area contributed by atoms with Crippen LogP contribution in [0.3, 0.4) is 0 Å². The van der Waals surface area contributed by atoms with E-state index in [-0.39, 0.29) is 40.3 Å². The summed E-state index contributed by atoms with van der Waals surface area (Å²) in [4.78, 5) is 21.9. The summed E-state index contributed by atoms with van der Waals surface area (Å²) in [6.45, 7) is 12.2. The van der Waals surface area contributed by atoms with Crippen LogP contribution in [0.2, 0.25) is 0 Å². The van der Waals surface area contributed by atoms with Crippen molar-refractivity contribution in [3.63, 3.8) is 0 Å². The van der Waals surface area contributed by atoms with E-state index in [1.54, 1.807) is 18.3 Å². The van der Waals surface area contributed by atoms with Gasteiger partial charge in [-0.05, 0) is 144 Å². The van der Waals surface area contributed by atoms with Crippen molar-refractivity contribution in [3.8, 4) is 23.0 Å². The summed E-state index contributed by atoms with van der Waals surface area (Å²) in [7, 11) is 0. The van der Waals surface area contributed by atoms with Crippen molar-refractivity contribution in [2.75, 3.05) is 63.9 Å². The highest BCUT2D eigenvalue weighted by atomic mass is 19.1. The van der Waals surface area contributed by atoms with E-state index in [9.17, 15) is 5.11 Å². The monoisotopic (exact) mass is 754 g/mol. The number of anilines is 1. The summed E-state index contributed by atoms with van der Waals surface area (Å²) in [6.07, 6.45) is 15.6. The maximum atomic E-state index is 17.1. The molecule has 5 aliphatic rings. The molecular weight excluding hydrogens is 699 g/mol. The predicted molar refractivity (Wildman–Crippen MR) is 212 cm³/mol. The van der Waals surface area contributed by atoms with Crippen LogP contribution in [0.25, 0.3) is 32.9 Å². The van der Waals surface area contributed by atoms with Crippen LogP contribution >= 0.6 is 0 Å². The fourth-order valence-corrected chi connectivity index (χ4v) is 10.3. The van der Waals surface area contributed by atoms with Gasteiger partial charge in [0, 0.05) is 49.5 Å². The second kappa shape index (κ2) is 15.0. The molecule has 1 spiro atoms. The maximum absolute atomic E-state index is 17.1. The molecular formula is C44H56F2N6O3. The first-order valence-corrected chi connectivity index (χ1v) is 21.0. The zero-order valence-corrected chi connectivity index (χ0v) is 32.6. The Morgan fingerprint density at radius 1 is 0.927 bits per heavy atom. The third-order valence-corrected chi connectivity index (χ3v) is 13.7. The van der Waals surface area contributed by atoms with Crippen LogP contribution in [-0.2, 0) is 11.2 Å². The minimum atomic E-state index is -0.649. The number of aryl methyl sites for hydroxylation is 1. The van der Waals surface area contributed by atoms with Gasteiger partial charge >= 0.3 is 6.01 Å². The van der Waals surface area contributed by atoms with Crippen LogP contribution in [0.4, 0.5) is 14.6 Å². The number of aromatic nitrogens is 3. The smallest absolute Gasteiger partial charge is 0.319 e. The molecule has 3 aliphatic heterocycles. The number of hydrogen-bond donors (Lipinski definition) is 1. The Hall–Kier alpha value is -3.67. The standard InChI is InChI=1S/C44H56F2N6O3/c1-3-33-36(45)11-10-29-21-31(53)22-34(37(29)33)39-38(46)40-35(25-47-39)41(52-18-8-9-32(26-52)54-4-2)49-42(48-40)55-28-44(12-13-44)27-50-19-14-43(15-20-50)23-30(24-43)51-16-6-5-7-17-51/h10-11,21-22,25,30,32,53H,3-9,12-20,23-24,26-28H2,1-2H3/t32-/m1/s1. The van der Waals surface area contributed by atoms with Gasteiger partial charge in [-0.25, -0.2) is 8.78 Å². The number of pyridine rings is 1. The van der Waals surface area contributed by atoms with E-state index < -0.39 is 5.82 Å². The highest BCUT2D eigenvalue weighted by molar-refractivity contribution is 6.01. The van der Waals surface area contributed by atoms with E-state index in [2.05, 4.69) is 19.7 Å². The fraction of sp³-hybridized carbons (Fsp3) is 0.614. The predicted octanol–water partition coefficient (Wildman–Crippen LogP) is 8.29. The van der Waals surface area contributed by atoms with Gasteiger partial charge in [0.25, 0.3) is 0 Å². The molecule has 11 heteroatoms. The van der Waals surface area contributed by atoms with Gasteiger partial charge in [-0.1, -0.05) is 19.4 Å². The normalized spacial score (nSPS) is 23.1. The Bertz CT molecular complexity index is 2030. The number of likely N-dealkylation sites (tertiary alicyclic amines) is 2. The third-order valence-electron chi connectivity index (χ3n) is 13.7. The molecule has 1 atom stereocenters. The van der Waals surface area contributed by atoms with Gasteiger partial charge in [-0.2, -0.15) is 9.97 Å². The first-order chi connectivity index (χ1) is 26.8. The molecule has 5 heterocycles. The van der Waals surface area contributed by atoms with Gasteiger partial charge in [0.1, 0.15) is 28.6 Å². The Balaban J connectivity index is 0.976. The Morgan fingerprint density at radius 3 is 2.47 bits per heavy atom. The minimum absolute atomic E-state index is 0.00498. The number of fused-ring (bicyclic) bond motifs is 2. The van der Waals surface area contributed by atoms with Crippen LogP contribution in [0.15, 0.2) is 30.5 Å². The summed E-state index contributed by atoms with van der Waals surface area (Å²) in [5.41, 5.74) is 1.48. The summed E-state index contributed by atoms with van der Waals surface area (Å²) >= 11 is 0. The van der Waals surface area contributed by atoms with E-state index in [1.807, 2.05) is 13.8 Å². The molecule has 0 radical (unpaired) electrons. The van der Waals surface area contributed by atoms with E-state index >= 15 is 8.78 Å². The van der Waals surface area contributed by atoms with Gasteiger partial charge in [0.2, 0.25) is 0 Å². The van der Waals surface area contributed by atoms with Gasteiger partial charge in [-0.15, -0.1) is 0 Å². The number of piperidine rings is 3. The van der Waals surface area contributed by atoms with Gasteiger partial charge in [0.05, 0.1) is 18.1 Å². The summed E-state index contributed by atoms with van der Waals surface area (Å²) in [6, 6.07) is 7.00. The molecule has 2 aliphatic carbocycles. The lowest BCUT2D eigenvalue weighted by Crippen LogP contribution is -2.56. The molecule has 2 aromatic carbocycles. The average Bonchev–Trinajstić information content (AvgIpc) is 3.96. The summed E-state index contributed by atoms with van der Waals surface area (Å²) in [5, 5.41) is 12.3. The van der Waals surface area contributed by atoms with Crippen LogP contribution in [0.5, 0.6) is 11.8 Å². The lowest BCUT2D eigenvalue weighted by Gasteiger charge is -2.56. The molecule has 1 N–H and O–H groups in total. The van der Waals surface area contributed by atoms with Crippen molar-refractivity contribution in [3.05, 3.63) is 47.7 Å². The molecule has 55 heavy (non-hydrogen) atoms. The number of aromatic hydroxyl groups is 1. The zero-order valence-electron chi connectivity index (χ0n) is 32.6. The molecule has 9 nitrogen and oxygen atoms in total. The van der Waals surface area contributed by atoms with E-state index in [1.165, 1.54) is 70.2 Å². The second-order valence-electron chi connectivity index (χ2n) is 17.4. The van der Waals surface area contributed by atoms with Crippen molar-refractivity contribution >= 4 is 27.5 Å². The largest absolute Gasteiger partial charge is 0.508 e. The SMILES string of the molecule is CCO[C@@H]1CCCN(c2nc(OCC3(CN4CCC5(CC4)CC(N4CCCCC4)C5)CC3)nc3c(F)c(-c4cc(O)cc5ccc(F)c(CC)c45)ncc23)C1. The van der Waals surface area contributed by atoms with Crippen molar-refractivity contribution in [2.24, 2.45) is 10.8 Å². The first kappa shape index (κ1) is 36.9. The minimum Gasteiger partial charge on any atom is -0.508 e. The van der Waals surface area contributed by atoms with Crippen LogP contribution in [-0.4, -0.2) is 101 Å². The Kier molecular flexibility index (Phi) is 10.1. The fourth-order valence-electron chi connectivity index (χ4n) is 10.3. The molecule has 0 bridgehead atoms. The van der Waals surface area contributed by atoms with Crippen molar-refractivity contribution in [2.45, 2.75) is 103 Å². The number of rotatable bonds is 11. The molecule has 3 saturated heterocycles. The van der Waals surface area contributed by atoms with Crippen molar-refractivity contribution < 1.29 is 23.4 Å². The van der Waals surface area contributed by atoms with Gasteiger partial charge in [0.15, 0.2) is 5.82 Å². The maximum Gasteiger partial charge on any atom is 0.319 e. The molecule has 4 aromatic rings. The second-order valence-corrected chi connectivity index (χ2v) is 17.4. The molecule has 9 rings (SSSR count). The molecule has 294 valence electrons. The number of phenolic OH excluding ortho intramolecular Hbond substituents is 1. The quantitative estimate of drug-likeness (QED) is 0.163. The highest BCUT2D eigenvalue weighted by Gasteiger charge is 2.50.